The Balaban J connectivity index is 1.47. The summed E-state index contributed by atoms with van der Waals surface area (Å²) < 4.78 is 0. The van der Waals surface area contributed by atoms with Crippen molar-refractivity contribution in [1.29, 1.82) is 0 Å². The number of amides is 2. The number of hydrogen-bond acceptors (Lipinski definition) is 2. The van der Waals surface area contributed by atoms with E-state index in [0.717, 1.165) is 29.4 Å². The summed E-state index contributed by atoms with van der Waals surface area (Å²) in [5.41, 5.74) is 2.72. The van der Waals surface area contributed by atoms with E-state index < -0.39 is 0 Å². The Bertz CT molecular complexity index is 1010. The zero-order chi connectivity index (χ0) is 19.5. The summed E-state index contributed by atoms with van der Waals surface area (Å²) in [6, 6.07) is 22.3. The van der Waals surface area contributed by atoms with Crippen LogP contribution in [-0.4, -0.2) is 29.8 Å². The van der Waals surface area contributed by atoms with Crippen LogP contribution < -0.4 is 5.32 Å². The highest BCUT2D eigenvalue weighted by Crippen LogP contribution is 2.29. The maximum Gasteiger partial charge on any atom is 0.251 e. The average molecular weight is 372 g/mol. The molecule has 3 aromatic carbocycles. The Morgan fingerprint density at radius 3 is 2.29 bits per heavy atom. The number of fused-ring (bicyclic) bond motifs is 1. The summed E-state index contributed by atoms with van der Waals surface area (Å²) in [7, 11) is 1.62. The van der Waals surface area contributed by atoms with Crippen molar-refractivity contribution in [3.05, 3.63) is 83.4 Å². The van der Waals surface area contributed by atoms with Gasteiger partial charge in [-0.05, 0) is 46.9 Å². The van der Waals surface area contributed by atoms with Crippen molar-refractivity contribution >= 4 is 22.6 Å². The summed E-state index contributed by atoms with van der Waals surface area (Å²) >= 11 is 0. The van der Waals surface area contributed by atoms with Crippen molar-refractivity contribution in [2.24, 2.45) is 0 Å². The average Bonchev–Trinajstić information content (AvgIpc) is 3.57. The largest absolute Gasteiger partial charge is 0.355 e. The van der Waals surface area contributed by atoms with Crippen LogP contribution in [0, 0.1) is 0 Å². The normalized spacial score (nSPS) is 13.3. The number of benzene rings is 3. The van der Waals surface area contributed by atoms with Gasteiger partial charge >= 0.3 is 0 Å². The summed E-state index contributed by atoms with van der Waals surface area (Å²) in [5, 5.41) is 4.98. The number of nitrogens with zero attached hydrogens (tertiary/aromatic N) is 1. The lowest BCUT2D eigenvalue weighted by molar-refractivity contribution is -0.131. The van der Waals surface area contributed by atoms with Crippen LogP contribution in [0.2, 0.25) is 0 Å². The number of carbonyl (C=O) groups excluding carboxylic acids is 2. The van der Waals surface area contributed by atoms with Gasteiger partial charge < -0.3 is 10.2 Å². The summed E-state index contributed by atoms with van der Waals surface area (Å²) in [6.07, 6.45) is 2.55. The molecule has 0 bridgehead atoms. The molecule has 28 heavy (non-hydrogen) atoms. The van der Waals surface area contributed by atoms with Crippen molar-refractivity contribution in [2.45, 2.75) is 31.8 Å². The highest BCUT2D eigenvalue weighted by Gasteiger charge is 2.32. The first-order valence-corrected chi connectivity index (χ1v) is 9.72. The Labute approximate surface area is 165 Å². The van der Waals surface area contributed by atoms with Gasteiger partial charge in [-0.1, -0.05) is 54.6 Å². The van der Waals surface area contributed by atoms with E-state index in [2.05, 4.69) is 29.6 Å². The molecule has 1 fully saturated rings. The van der Waals surface area contributed by atoms with Crippen LogP contribution in [0.5, 0.6) is 0 Å². The number of rotatable bonds is 6. The van der Waals surface area contributed by atoms with Crippen LogP contribution in [0.3, 0.4) is 0 Å². The van der Waals surface area contributed by atoms with Crippen LogP contribution >= 0.6 is 0 Å². The lowest BCUT2D eigenvalue weighted by Crippen LogP contribution is -2.33. The minimum atomic E-state index is -0.0991. The molecule has 0 atom stereocenters. The lowest BCUT2D eigenvalue weighted by atomic mass is 10.0. The topological polar surface area (TPSA) is 49.4 Å². The Hall–Kier alpha value is -3.14. The molecule has 0 saturated heterocycles. The molecule has 0 heterocycles. The van der Waals surface area contributed by atoms with Gasteiger partial charge in [-0.2, -0.15) is 0 Å². The van der Waals surface area contributed by atoms with Gasteiger partial charge in [0.05, 0.1) is 6.42 Å². The third-order valence-electron chi connectivity index (χ3n) is 5.27. The molecule has 4 heteroatoms. The van der Waals surface area contributed by atoms with Crippen LogP contribution in [0.15, 0.2) is 66.7 Å². The van der Waals surface area contributed by atoms with Crippen molar-refractivity contribution < 1.29 is 9.59 Å². The lowest BCUT2D eigenvalue weighted by Gasteiger charge is -2.23. The number of nitrogens with one attached hydrogen (secondary N) is 1. The fourth-order valence-corrected chi connectivity index (χ4v) is 3.53. The zero-order valence-corrected chi connectivity index (χ0v) is 16.0. The van der Waals surface area contributed by atoms with Gasteiger partial charge in [0.2, 0.25) is 5.91 Å². The molecule has 0 unspecified atom stereocenters. The summed E-state index contributed by atoms with van der Waals surface area (Å²) in [6.45, 7) is 0.588. The first-order valence-electron chi connectivity index (χ1n) is 9.72. The van der Waals surface area contributed by atoms with Gasteiger partial charge in [-0.15, -0.1) is 0 Å². The van der Waals surface area contributed by atoms with E-state index >= 15 is 0 Å². The van der Waals surface area contributed by atoms with Crippen LogP contribution in [0.25, 0.3) is 10.8 Å². The molecule has 4 rings (SSSR count). The molecule has 0 aliphatic heterocycles. The summed E-state index contributed by atoms with van der Waals surface area (Å²) in [4.78, 5) is 26.7. The number of hydrogen-bond donors (Lipinski definition) is 1. The molecule has 2 amide bonds. The zero-order valence-electron chi connectivity index (χ0n) is 16.0. The van der Waals surface area contributed by atoms with Crippen LogP contribution in [0.1, 0.15) is 34.3 Å². The maximum atomic E-state index is 13.0. The molecule has 0 radical (unpaired) electrons. The van der Waals surface area contributed by atoms with E-state index in [4.69, 9.17) is 0 Å². The molecule has 3 aromatic rings. The van der Waals surface area contributed by atoms with Crippen molar-refractivity contribution in [2.75, 3.05) is 7.05 Å². The fourth-order valence-electron chi connectivity index (χ4n) is 3.53. The van der Waals surface area contributed by atoms with E-state index in [9.17, 15) is 9.59 Å². The quantitative estimate of drug-likeness (QED) is 0.713. The van der Waals surface area contributed by atoms with Gasteiger partial charge in [0.1, 0.15) is 0 Å². The van der Waals surface area contributed by atoms with E-state index in [1.54, 1.807) is 7.05 Å². The first-order chi connectivity index (χ1) is 13.6. The predicted octanol–water partition coefficient (Wildman–Crippen LogP) is 3.93. The van der Waals surface area contributed by atoms with Crippen molar-refractivity contribution in [3.63, 3.8) is 0 Å². The van der Waals surface area contributed by atoms with Gasteiger partial charge in [0.25, 0.3) is 5.91 Å². The van der Waals surface area contributed by atoms with E-state index in [-0.39, 0.29) is 11.8 Å². The molecular weight excluding hydrogens is 348 g/mol. The molecule has 1 aliphatic rings. The molecule has 0 aromatic heterocycles. The van der Waals surface area contributed by atoms with Crippen molar-refractivity contribution in [1.82, 2.24) is 10.2 Å². The van der Waals surface area contributed by atoms with E-state index in [0.29, 0.717) is 24.6 Å². The minimum Gasteiger partial charge on any atom is -0.355 e. The molecule has 4 nitrogen and oxygen atoms in total. The minimum absolute atomic E-state index is 0.0991. The second-order valence-electron chi connectivity index (χ2n) is 7.39. The highest BCUT2D eigenvalue weighted by atomic mass is 16.2. The molecule has 0 spiro atoms. The van der Waals surface area contributed by atoms with Gasteiger partial charge in [-0.25, -0.2) is 0 Å². The van der Waals surface area contributed by atoms with Gasteiger partial charge in [0, 0.05) is 25.2 Å². The second kappa shape index (κ2) is 7.85. The first kappa shape index (κ1) is 18.2. The predicted molar refractivity (Wildman–Crippen MR) is 111 cm³/mol. The Kier molecular flexibility index (Phi) is 5.11. The maximum absolute atomic E-state index is 13.0. The third kappa shape index (κ3) is 4.06. The molecule has 1 saturated carbocycles. The molecule has 1 aliphatic carbocycles. The monoisotopic (exact) mass is 372 g/mol. The van der Waals surface area contributed by atoms with Gasteiger partial charge in [0.15, 0.2) is 0 Å². The van der Waals surface area contributed by atoms with Crippen molar-refractivity contribution in [3.8, 4) is 0 Å². The fraction of sp³-hybridized carbons (Fsp3) is 0.250. The second-order valence-corrected chi connectivity index (χ2v) is 7.39. The van der Waals surface area contributed by atoms with Crippen LogP contribution in [0.4, 0.5) is 0 Å². The highest BCUT2D eigenvalue weighted by molar-refractivity contribution is 5.94. The Morgan fingerprint density at radius 1 is 0.929 bits per heavy atom. The van der Waals surface area contributed by atoms with E-state index in [1.165, 1.54) is 5.39 Å². The number of carbonyl (C=O) groups is 2. The Morgan fingerprint density at radius 2 is 1.61 bits per heavy atom. The molecular formula is C24H24N2O2. The standard InChI is InChI=1S/C24H24N2O2/c1-25-24(28)20-10-6-17(7-11-20)16-26(22-12-13-22)23(27)15-18-8-9-19-4-2-3-5-21(19)14-18/h2-11,14,22H,12-13,15-16H2,1H3,(H,25,28). The smallest absolute Gasteiger partial charge is 0.251 e. The van der Waals surface area contributed by atoms with E-state index in [1.807, 2.05) is 47.4 Å². The SMILES string of the molecule is CNC(=O)c1ccc(CN(C(=O)Cc2ccc3ccccc3c2)C2CC2)cc1. The molecule has 142 valence electrons. The third-order valence-corrected chi connectivity index (χ3v) is 5.27. The van der Waals surface area contributed by atoms with Gasteiger partial charge in [-0.3, -0.25) is 9.59 Å². The van der Waals surface area contributed by atoms with Crippen LogP contribution in [-0.2, 0) is 17.8 Å². The molecule has 1 N–H and O–H groups in total. The summed E-state index contributed by atoms with van der Waals surface area (Å²) in [5.74, 6) is 0.0612.